The van der Waals surface area contributed by atoms with E-state index in [0.29, 0.717) is 11.1 Å². The van der Waals surface area contributed by atoms with Crippen molar-refractivity contribution < 1.29 is 15.0 Å². The topological polar surface area (TPSA) is 57.5 Å². The smallest absolute Gasteiger partial charge is 0.336 e. The zero-order valence-corrected chi connectivity index (χ0v) is 8.13. The van der Waals surface area contributed by atoms with Crippen LogP contribution in [0.1, 0.15) is 26.7 Å². The highest BCUT2D eigenvalue weighted by atomic mass is 16.4. The van der Waals surface area contributed by atoms with Crippen LogP contribution in [-0.4, -0.2) is 21.8 Å². The first-order valence-corrected chi connectivity index (χ1v) is 4.02. The van der Waals surface area contributed by atoms with Crippen molar-refractivity contribution in [1.82, 2.24) is 0 Å². The fourth-order valence-electron chi connectivity index (χ4n) is 1.21. The molecule has 0 aliphatic rings. The molecule has 0 atom stereocenters. The summed E-state index contributed by atoms with van der Waals surface area (Å²) in [5.74, 6) is -1.22. The number of aliphatic hydroxyl groups is 1. The molecule has 0 aromatic heterocycles. The fourth-order valence-corrected chi connectivity index (χ4v) is 1.21. The summed E-state index contributed by atoms with van der Waals surface area (Å²) in [4.78, 5) is 10.8. The van der Waals surface area contributed by atoms with Gasteiger partial charge in [0.15, 0.2) is 5.60 Å². The first kappa shape index (κ1) is 11.9. The summed E-state index contributed by atoms with van der Waals surface area (Å²) < 4.78 is 0. The van der Waals surface area contributed by atoms with E-state index in [-0.39, 0.29) is 12.8 Å². The maximum atomic E-state index is 10.8. The second-order valence-corrected chi connectivity index (χ2v) is 3.60. The van der Waals surface area contributed by atoms with Crippen molar-refractivity contribution in [3.05, 3.63) is 24.3 Å². The Morgan fingerprint density at radius 1 is 1.23 bits per heavy atom. The van der Waals surface area contributed by atoms with E-state index >= 15 is 0 Å². The molecule has 0 unspecified atom stereocenters. The summed E-state index contributed by atoms with van der Waals surface area (Å²) in [5, 5.41) is 18.5. The first-order chi connectivity index (χ1) is 5.78. The van der Waals surface area contributed by atoms with Gasteiger partial charge in [-0.15, -0.1) is 13.2 Å². The molecule has 0 bridgehead atoms. The highest BCUT2D eigenvalue weighted by Gasteiger charge is 2.35. The normalized spacial score (nSPS) is 11.0. The number of carbonyl (C=O) groups is 1. The van der Waals surface area contributed by atoms with Gasteiger partial charge < -0.3 is 10.2 Å². The Morgan fingerprint density at radius 3 is 1.69 bits per heavy atom. The van der Waals surface area contributed by atoms with E-state index in [0.717, 1.165) is 0 Å². The molecule has 0 aromatic rings. The molecule has 2 N–H and O–H groups in total. The Morgan fingerprint density at radius 2 is 1.54 bits per heavy atom. The van der Waals surface area contributed by atoms with Crippen LogP contribution in [0.5, 0.6) is 0 Å². The minimum absolute atomic E-state index is 0.0647. The third-order valence-electron chi connectivity index (χ3n) is 1.59. The van der Waals surface area contributed by atoms with Gasteiger partial charge in [-0.3, -0.25) is 0 Å². The molecule has 3 heteroatoms. The third-order valence-corrected chi connectivity index (χ3v) is 1.59. The number of rotatable bonds is 5. The lowest BCUT2D eigenvalue weighted by Gasteiger charge is -2.23. The van der Waals surface area contributed by atoms with Gasteiger partial charge >= 0.3 is 5.97 Å². The van der Waals surface area contributed by atoms with Crippen molar-refractivity contribution in [1.29, 1.82) is 0 Å². The molecular weight excluding hydrogens is 168 g/mol. The molecule has 0 saturated carbocycles. The Hall–Kier alpha value is -1.09. The molecular formula is C10H16O3. The zero-order chi connectivity index (χ0) is 10.6. The van der Waals surface area contributed by atoms with Gasteiger partial charge in [0.05, 0.1) is 0 Å². The molecule has 0 rings (SSSR count). The molecule has 13 heavy (non-hydrogen) atoms. The molecule has 3 nitrogen and oxygen atoms in total. The lowest BCUT2D eigenvalue weighted by molar-refractivity contribution is -0.158. The zero-order valence-electron chi connectivity index (χ0n) is 8.13. The maximum Gasteiger partial charge on any atom is 0.336 e. The Balaban J connectivity index is 4.62. The van der Waals surface area contributed by atoms with E-state index in [4.69, 9.17) is 5.11 Å². The summed E-state index contributed by atoms with van der Waals surface area (Å²) in [6, 6.07) is 0. The maximum absolute atomic E-state index is 10.8. The van der Waals surface area contributed by atoms with Gasteiger partial charge in [0.1, 0.15) is 0 Å². The average Bonchev–Trinajstić information content (AvgIpc) is 1.82. The van der Waals surface area contributed by atoms with E-state index in [1.807, 2.05) is 0 Å². The molecule has 0 fully saturated rings. The minimum atomic E-state index is -1.74. The van der Waals surface area contributed by atoms with Crippen molar-refractivity contribution in [2.24, 2.45) is 0 Å². The van der Waals surface area contributed by atoms with Crippen LogP contribution in [0.25, 0.3) is 0 Å². The van der Waals surface area contributed by atoms with Gasteiger partial charge in [-0.25, -0.2) is 4.79 Å². The van der Waals surface area contributed by atoms with Crippen molar-refractivity contribution in [3.63, 3.8) is 0 Å². The second kappa shape index (κ2) is 4.23. The Kier molecular flexibility index (Phi) is 3.88. The largest absolute Gasteiger partial charge is 0.479 e. The molecule has 0 aliphatic heterocycles. The van der Waals surface area contributed by atoms with Gasteiger partial charge in [0.25, 0.3) is 0 Å². The molecule has 0 spiro atoms. The lowest BCUT2D eigenvalue weighted by atomic mass is 9.89. The fraction of sp³-hybridized carbons (Fsp3) is 0.500. The number of carboxylic acids is 1. The predicted molar refractivity (Wildman–Crippen MR) is 51.4 cm³/mol. The van der Waals surface area contributed by atoms with Gasteiger partial charge in [0, 0.05) is 12.8 Å². The van der Waals surface area contributed by atoms with Crippen molar-refractivity contribution in [2.45, 2.75) is 32.3 Å². The average molecular weight is 184 g/mol. The number of carboxylic acid groups (broad SMARTS) is 1. The van der Waals surface area contributed by atoms with Crippen LogP contribution < -0.4 is 0 Å². The summed E-state index contributed by atoms with van der Waals surface area (Å²) >= 11 is 0. The van der Waals surface area contributed by atoms with E-state index < -0.39 is 11.6 Å². The van der Waals surface area contributed by atoms with Crippen molar-refractivity contribution in [3.8, 4) is 0 Å². The van der Waals surface area contributed by atoms with E-state index in [2.05, 4.69) is 13.2 Å². The summed E-state index contributed by atoms with van der Waals surface area (Å²) in [6.07, 6.45) is 0.129. The third kappa shape index (κ3) is 3.90. The SMILES string of the molecule is C=C(C)CC(O)(CC(=C)C)C(=O)O. The van der Waals surface area contributed by atoms with Crippen LogP contribution in [0.4, 0.5) is 0 Å². The van der Waals surface area contributed by atoms with E-state index in [1.165, 1.54) is 0 Å². The van der Waals surface area contributed by atoms with Crippen LogP contribution in [0.2, 0.25) is 0 Å². The quantitative estimate of drug-likeness (QED) is 0.640. The molecule has 0 amide bonds. The van der Waals surface area contributed by atoms with Gasteiger partial charge in [-0.1, -0.05) is 11.1 Å². The summed E-state index contributed by atoms with van der Waals surface area (Å²) in [5.41, 5.74) is -0.449. The number of aliphatic carboxylic acids is 1. The highest BCUT2D eigenvalue weighted by Crippen LogP contribution is 2.23. The second-order valence-electron chi connectivity index (χ2n) is 3.60. The first-order valence-electron chi connectivity index (χ1n) is 4.02. The van der Waals surface area contributed by atoms with Crippen LogP contribution >= 0.6 is 0 Å². The lowest BCUT2D eigenvalue weighted by Crippen LogP contribution is -2.38. The van der Waals surface area contributed by atoms with E-state index in [9.17, 15) is 9.90 Å². The van der Waals surface area contributed by atoms with Crippen LogP contribution in [-0.2, 0) is 4.79 Å². The van der Waals surface area contributed by atoms with Crippen LogP contribution in [0, 0.1) is 0 Å². The van der Waals surface area contributed by atoms with Gasteiger partial charge in [-0.2, -0.15) is 0 Å². The van der Waals surface area contributed by atoms with Crippen LogP contribution in [0.15, 0.2) is 24.3 Å². The molecule has 0 aliphatic carbocycles. The monoisotopic (exact) mass is 184 g/mol. The number of hydrogen-bond acceptors (Lipinski definition) is 2. The minimum Gasteiger partial charge on any atom is -0.479 e. The molecule has 74 valence electrons. The van der Waals surface area contributed by atoms with Gasteiger partial charge in [0.2, 0.25) is 0 Å². The number of hydrogen-bond donors (Lipinski definition) is 2. The Bertz CT molecular complexity index is 225. The highest BCUT2D eigenvalue weighted by molar-refractivity contribution is 5.77. The molecule has 0 radical (unpaired) electrons. The summed E-state index contributed by atoms with van der Waals surface area (Å²) in [7, 11) is 0. The predicted octanol–water partition coefficient (Wildman–Crippen LogP) is 1.73. The Labute approximate surface area is 78.4 Å². The van der Waals surface area contributed by atoms with Gasteiger partial charge in [-0.05, 0) is 13.8 Å². The van der Waals surface area contributed by atoms with E-state index in [1.54, 1.807) is 13.8 Å². The molecule has 0 saturated heterocycles. The standard InChI is InChI=1S/C10H16O3/c1-7(2)5-10(13,9(11)12)6-8(3)4/h13H,1,3,5-6H2,2,4H3,(H,11,12). The van der Waals surface area contributed by atoms with Crippen molar-refractivity contribution >= 4 is 5.97 Å². The summed E-state index contributed by atoms with van der Waals surface area (Å²) in [6.45, 7) is 10.5. The van der Waals surface area contributed by atoms with Crippen molar-refractivity contribution in [2.75, 3.05) is 0 Å². The molecule has 0 aromatic carbocycles. The molecule has 0 heterocycles. The van der Waals surface area contributed by atoms with Crippen LogP contribution in [0.3, 0.4) is 0 Å².